The molecule has 1 aromatic rings. The van der Waals surface area contributed by atoms with Crippen molar-refractivity contribution < 1.29 is 9.53 Å². The van der Waals surface area contributed by atoms with E-state index in [0.717, 1.165) is 64.8 Å². The lowest BCUT2D eigenvalue weighted by Gasteiger charge is -2.57. The van der Waals surface area contributed by atoms with E-state index < -0.39 is 0 Å². The molecule has 0 spiro atoms. The molecule has 2 aliphatic carbocycles. The summed E-state index contributed by atoms with van der Waals surface area (Å²) in [6, 6.07) is 11.3. The summed E-state index contributed by atoms with van der Waals surface area (Å²) in [5.74, 6) is 0.856. The summed E-state index contributed by atoms with van der Waals surface area (Å²) in [4.78, 5) is 13.6. The second kappa shape index (κ2) is 8.63. The van der Waals surface area contributed by atoms with Crippen molar-refractivity contribution in [2.24, 2.45) is 16.7 Å². The Labute approximate surface area is 182 Å². The van der Waals surface area contributed by atoms with Crippen molar-refractivity contribution in [3.63, 3.8) is 0 Å². The molecule has 166 valence electrons. The Morgan fingerprint density at radius 1 is 1.10 bits per heavy atom. The molecule has 1 saturated heterocycles. The van der Waals surface area contributed by atoms with Crippen LogP contribution in [-0.2, 0) is 14.9 Å². The number of rotatable bonds is 6. The van der Waals surface area contributed by atoms with E-state index in [1.54, 1.807) is 0 Å². The third kappa shape index (κ3) is 4.45. The van der Waals surface area contributed by atoms with Gasteiger partial charge in [0.15, 0.2) is 0 Å². The Kier molecular flexibility index (Phi) is 6.28. The number of hydrogen-bond donors (Lipinski definition) is 2. The maximum absolute atomic E-state index is 13.6. The first-order valence-corrected chi connectivity index (χ1v) is 12.0. The summed E-state index contributed by atoms with van der Waals surface area (Å²) in [5.41, 5.74) is 1.37. The van der Waals surface area contributed by atoms with Crippen molar-refractivity contribution in [3.05, 3.63) is 35.9 Å². The Balaban J connectivity index is 1.61. The van der Waals surface area contributed by atoms with Gasteiger partial charge in [0.05, 0.1) is 6.61 Å². The number of hydrogen-bond acceptors (Lipinski definition) is 3. The second-order valence-electron chi connectivity index (χ2n) is 11.0. The van der Waals surface area contributed by atoms with E-state index in [-0.39, 0.29) is 22.2 Å². The van der Waals surface area contributed by atoms with Crippen LogP contribution in [0.1, 0.15) is 71.3 Å². The Morgan fingerprint density at radius 3 is 2.53 bits per heavy atom. The Hall–Kier alpha value is -1.39. The minimum absolute atomic E-state index is 0.0640. The molecule has 4 nitrogen and oxygen atoms in total. The van der Waals surface area contributed by atoms with Gasteiger partial charge in [-0.1, -0.05) is 44.2 Å². The smallest absolute Gasteiger partial charge is 0.226 e. The lowest BCUT2D eigenvalue weighted by atomic mass is 9.47. The summed E-state index contributed by atoms with van der Waals surface area (Å²) < 4.78 is 5.94. The highest BCUT2D eigenvalue weighted by atomic mass is 16.5. The van der Waals surface area contributed by atoms with Gasteiger partial charge in [0.25, 0.3) is 0 Å². The normalized spacial score (nSPS) is 37.0. The number of nitrogens with one attached hydrogen (secondary N) is 2. The quantitative estimate of drug-likeness (QED) is 0.726. The average molecular weight is 413 g/mol. The van der Waals surface area contributed by atoms with Gasteiger partial charge in [0.2, 0.25) is 5.91 Å². The van der Waals surface area contributed by atoms with Crippen LogP contribution in [0.2, 0.25) is 0 Å². The van der Waals surface area contributed by atoms with Gasteiger partial charge in [-0.25, -0.2) is 0 Å². The molecule has 4 rings (SSSR count). The fourth-order valence-corrected chi connectivity index (χ4v) is 7.09. The van der Waals surface area contributed by atoms with Gasteiger partial charge < -0.3 is 15.4 Å². The van der Waals surface area contributed by atoms with E-state index in [1.165, 1.54) is 12.0 Å². The Morgan fingerprint density at radius 2 is 1.83 bits per heavy atom. The first-order chi connectivity index (χ1) is 14.4. The van der Waals surface area contributed by atoms with Crippen LogP contribution in [0.3, 0.4) is 0 Å². The molecule has 0 aromatic heterocycles. The highest BCUT2D eigenvalue weighted by molar-refractivity contribution is 5.83. The molecule has 3 fully saturated rings. The standard InChI is InChI=1S/C26H40N2O2/c1-4-30-19-24(2)14-20-15-25(3,23(29)28-22-10-12-27-13-11-22)18-26(16-20,17-24)21-8-6-5-7-9-21/h5-9,20,22,27H,4,10-19H2,1-3H3,(H,28,29)/t20?,24-,25?,26?/m0/s1. The van der Waals surface area contributed by atoms with Gasteiger partial charge >= 0.3 is 0 Å². The summed E-state index contributed by atoms with van der Waals surface area (Å²) in [6.07, 6.45) is 7.51. The van der Waals surface area contributed by atoms with E-state index >= 15 is 0 Å². The molecule has 4 heteroatoms. The first-order valence-electron chi connectivity index (χ1n) is 12.0. The molecule has 1 aromatic carbocycles. The third-order valence-corrected chi connectivity index (χ3v) is 7.96. The van der Waals surface area contributed by atoms with Crippen LogP contribution in [0.4, 0.5) is 0 Å². The molecule has 1 aliphatic heterocycles. The maximum Gasteiger partial charge on any atom is 0.226 e. The van der Waals surface area contributed by atoms with Crippen molar-refractivity contribution in [1.29, 1.82) is 0 Å². The molecule has 0 radical (unpaired) electrons. The highest BCUT2D eigenvalue weighted by Crippen LogP contribution is 2.61. The molecular weight excluding hydrogens is 372 g/mol. The lowest BCUT2D eigenvalue weighted by molar-refractivity contribution is -0.140. The van der Waals surface area contributed by atoms with Crippen LogP contribution in [-0.4, -0.2) is 38.3 Å². The lowest BCUT2D eigenvalue weighted by Crippen LogP contribution is -2.56. The monoisotopic (exact) mass is 412 g/mol. The summed E-state index contributed by atoms with van der Waals surface area (Å²) in [6.45, 7) is 10.3. The maximum atomic E-state index is 13.6. The summed E-state index contributed by atoms with van der Waals surface area (Å²) in [5, 5.41) is 6.84. The number of amides is 1. The third-order valence-electron chi connectivity index (χ3n) is 7.96. The number of carbonyl (C=O) groups excluding carboxylic acids is 1. The molecule has 2 bridgehead atoms. The van der Waals surface area contributed by atoms with Crippen LogP contribution in [0.25, 0.3) is 0 Å². The van der Waals surface area contributed by atoms with Gasteiger partial charge in [-0.15, -0.1) is 0 Å². The number of fused-ring (bicyclic) bond motifs is 2. The predicted molar refractivity (Wildman–Crippen MR) is 121 cm³/mol. The van der Waals surface area contributed by atoms with Crippen molar-refractivity contribution >= 4 is 5.91 Å². The van der Waals surface area contributed by atoms with E-state index in [0.29, 0.717) is 12.0 Å². The minimum Gasteiger partial charge on any atom is -0.381 e. The first kappa shape index (κ1) is 21.8. The predicted octanol–water partition coefficient (Wildman–Crippen LogP) is 4.44. The van der Waals surface area contributed by atoms with E-state index in [2.05, 4.69) is 61.7 Å². The Bertz CT molecular complexity index is 732. The van der Waals surface area contributed by atoms with E-state index in [1.807, 2.05) is 0 Å². The summed E-state index contributed by atoms with van der Waals surface area (Å²) >= 11 is 0. The van der Waals surface area contributed by atoms with Gasteiger partial charge in [0.1, 0.15) is 0 Å². The fraction of sp³-hybridized carbons (Fsp3) is 0.731. The van der Waals surface area contributed by atoms with Crippen LogP contribution >= 0.6 is 0 Å². The molecule has 4 atom stereocenters. The van der Waals surface area contributed by atoms with Gasteiger partial charge in [-0.2, -0.15) is 0 Å². The van der Waals surface area contributed by atoms with E-state index in [4.69, 9.17) is 4.74 Å². The topological polar surface area (TPSA) is 50.4 Å². The molecule has 3 unspecified atom stereocenters. The van der Waals surface area contributed by atoms with Gasteiger partial charge in [-0.05, 0) is 87.3 Å². The van der Waals surface area contributed by atoms with Crippen LogP contribution in [0.5, 0.6) is 0 Å². The second-order valence-corrected chi connectivity index (χ2v) is 11.0. The van der Waals surface area contributed by atoms with Crippen LogP contribution in [0.15, 0.2) is 30.3 Å². The van der Waals surface area contributed by atoms with Crippen molar-refractivity contribution in [2.45, 2.75) is 77.2 Å². The minimum atomic E-state index is -0.295. The van der Waals surface area contributed by atoms with Gasteiger partial charge in [-0.3, -0.25) is 4.79 Å². The van der Waals surface area contributed by atoms with Gasteiger partial charge in [0, 0.05) is 18.1 Å². The van der Waals surface area contributed by atoms with Crippen LogP contribution in [0, 0.1) is 16.7 Å². The zero-order chi connectivity index (χ0) is 21.2. The van der Waals surface area contributed by atoms with Crippen molar-refractivity contribution in [3.8, 4) is 0 Å². The molecule has 2 N–H and O–H groups in total. The SMILES string of the molecule is CCOC[C@@]1(C)CC2CC(C)(C(=O)NC3CCNCC3)CC(c3ccccc3)(C2)C1. The fourth-order valence-electron chi connectivity index (χ4n) is 7.09. The highest BCUT2D eigenvalue weighted by Gasteiger charge is 2.56. The molecule has 3 aliphatic rings. The number of carbonyl (C=O) groups is 1. The average Bonchev–Trinajstić information content (AvgIpc) is 2.73. The number of ether oxygens (including phenoxy) is 1. The van der Waals surface area contributed by atoms with E-state index in [9.17, 15) is 4.79 Å². The molecular formula is C26H40N2O2. The summed E-state index contributed by atoms with van der Waals surface area (Å²) in [7, 11) is 0. The number of piperidine rings is 1. The zero-order valence-electron chi connectivity index (χ0n) is 19.1. The zero-order valence-corrected chi connectivity index (χ0v) is 19.1. The largest absolute Gasteiger partial charge is 0.381 e. The van der Waals surface area contributed by atoms with Crippen LogP contribution < -0.4 is 10.6 Å². The molecule has 30 heavy (non-hydrogen) atoms. The van der Waals surface area contributed by atoms with Crippen molar-refractivity contribution in [2.75, 3.05) is 26.3 Å². The molecule has 2 saturated carbocycles. The molecule has 1 amide bonds. The van der Waals surface area contributed by atoms with Crippen molar-refractivity contribution in [1.82, 2.24) is 10.6 Å². The number of benzene rings is 1. The molecule has 1 heterocycles.